The van der Waals surface area contributed by atoms with Gasteiger partial charge >= 0.3 is 0 Å². The quantitative estimate of drug-likeness (QED) is 0.427. The van der Waals surface area contributed by atoms with Gasteiger partial charge in [0.15, 0.2) is 0 Å². The highest BCUT2D eigenvalue weighted by atomic mass is 16.5. The second kappa shape index (κ2) is 9.60. The summed E-state index contributed by atoms with van der Waals surface area (Å²) in [7, 11) is 5.08. The number of carbonyl (C=O) groups excluding carboxylic acids is 1. The standard InChI is InChI=1S/C25H25NO3/c1-26(18-21-11-7-8-12-24(21)29-3)25(27)23(20-9-5-4-6-10-20)17-19-13-15-22(28-2)16-14-19/h4-17H,18H2,1-3H3/b23-17+. The zero-order chi connectivity index (χ0) is 20.6. The number of benzene rings is 3. The van der Waals surface area contributed by atoms with Crippen LogP contribution in [0, 0.1) is 0 Å². The summed E-state index contributed by atoms with van der Waals surface area (Å²) in [6, 6.07) is 25.1. The van der Waals surface area contributed by atoms with Crippen molar-refractivity contribution >= 4 is 17.6 Å². The first-order chi connectivity index (χ1) is 14.1. The van der Waals surface area contributed by atoms with Crippen LogP contribution in [0.25, 0.3) is 11.6 Å². The molecule has 0 spiro atoms. The lowest BCUT2D eigenvalue weighted by Gasteiger charge is -2.21. The van der Waals surface area contributed by atoms with Gasteiger partial charge in [-0.3, -0.25) is 4.79 Å². The molecule has 0 aliphatic carbocycles. The molecule has 3 aromatic rings. The molecule has 3 aromatic carbocycles. The van der Waals surface area contributed by atoms with E-state index in [-0.39, 0.29) is 5.91 Å². The average molecular weight is 387 g/mol. The lowest BCUT2D eigenvalue weighted by Crippen LogP contribution is -2.27. The van der Waals surface area contributed by atoms with Crippen LogP contribution in [-0.4, -0.2) is 32.1 Å². The molecule has 4 nitrogen and oxygen atoms in total. The summed E-state index contributed by atoms with van der Waals surface area (Å²) < 4.78 is 10.6. The van der Waals surface area contributed by atoms with Gasteiger partial charge in [-0.05, 0) is 35.4 Å². The van der Waals surface area contributed by atoms with Gasteiger partial charge in [0.2, 0.25) is 0 Å². The molecule has 148 valence electrons. The number of likely N-dealkylation sites (N-methyl/N-ethyl adjacent to an activating group) is 1. The van der Waals surface area contributed by atoms with Crippen LogP contribution >= 0.6 is 0 Å². The van der Waals surface area contributed by atoms with Gasteiger partial charge in [0.1, 0.15) is 11.5 Å². The first-order valence-electron chi connectivity index (χ1n) is 9.41. The number of para-hydroxylation sites is 1. The summed E-state index contributed by atoms with van der Waals surface area (Å²) in [4.78, 5) is 15.1. The SMILES string of the molecule is COc1ccc(/C=C(/C(=O)N(C)Cc2ccccc2OC)c2ccccc2)cc1. The topological polar surface area (TPSA) is 38.8 Å². The Morgan fingerprint density at radius 3 is 2.17 bits per heavy atom. The number of hydrogen-bond donors (Lipinski definition) is 0. The van der Waals surface area contributed by atoms with E-state index in [4.69, 9.17) is 9.47 Å². The lowest BCUT2D eigenvalue weighted by molar-refractivity contribution is -0.124. The highest BCUT2D eigenvalue weighted by molar-refractivity contribution is 6.24. The summed E-state index contributed by atoms with van der Waals surface area (Å²) in [5.41, 5.74) is 3.40. The molecular formula is C25H25NO3. The van der Waals surface area contributed by atoms with Crippen molar-refractivity contribution in [3.05, 3.63) is 95.6 Å². The highest BCUT2D eigenvalue weighted by Gasteiger charge is 2.18. The minimum atomic E-state index is -0.0575. The predicted molar refractivity (Wildman–Crippen MR) is 117 cm³/mol. The first-order valence-corrected chi connectivity index (χ1v) is 9.41. The van der Waals surface area contributed by atoms with Crippen LogP contribution in [0.5, 0.6) is 11.5 Å². The second-order valence-electron chi connectivity index (χ2n) is 6.67. The molecule has 0 fully saturated rings. The van der Waals surface area contributed by atoms with E-state index < -0.39 is 0 Å². The third-order valence-corrected chi connectivity index (χ3v) is 4.69. The minimum absolute atomic E-state index is 0.0575. The number of ether oxygens (including phenoxy) is 2. The van der Waals surface area contributed by atoms with Gasteiger partial charge in [0, 0.05) is 24.7 Å². The summed E-state index contributed by atoms with van der Waals surface area (Å²) in [6.07, 6.45) is 1.91. The van der Waals surface area contributed by atoms with Crippen molar-refractivity contribution in [3.8, 4) is 11.5 Å². The first kappa shape index (κ1) is 20.2. The highest BCUT2D eigenvalue weighted by Crippen LogP contribution is 2.24. The van der Waals surface area contributed by atoms with Crippen LogP contribution in [0.1, 0.15) is 16.7 Å². The second-order valence-corrected chi connectivity index (χ2v) is 6.67. The molecule has 0 aliphatic rings. The molecule has 1 amide bonds. The Hall–Kier alpha value is -3.53. The Morgan fingerprint density at radius 2 is 1.52 bits per heavy atom. The van der Waals surface area contributed by atoms with E-state index >= 15 is 0 Å². The maximum Gasteiger partial charge on any atom is 0.254 e. The minimum Gasteiger partial charge on any atom is -0.497 e. The maximum absolute atomic E-state index is 13.4. The number of methoxy groups -OCH3 is 2. The van der Waals surface area contributed by atoms with Crippen molar-refractivity contribution in [2.24, 2.45) is 0 Å². The third-order valence-electron chi connectivity index (χ3n) is 4.69. The fraction of sp³-hybridized carbons (Fsp3) is 0.160. The molecule has 0 saturated carbocycles. The molecule has 0 atom stereocenters. The molecule has 29 heavy (non-hydrogen) atoms. The van der Waals surface area contributed by atoms with Crippen LogP contribution in [0.3, 0.4) is 0 Å². The third kappa shape index (κ3) is 5.05. The summed E-state index contributed by atoms with van der Waals surface area (Å²) in [5, 5.41) is 0. The van der Waals surface area contributed by atoms with Crippen molar-refractivity contribution in [1.29, 1.82) is 0 Å². The predicted octanol–water partition coefficient (Wildman–Crippen LogP) is 4.90. The molecule has 0 heterocycles. The molecule has 0 unspecified atom stereocenters. The fourth-order valence-electron chi connectivity index (χ4n) is 3.12. The Bertz CT molecular complexity index is 978. The van der Waals surface area contributed by atoms with Gasteiger partial charge in [0.25, 0.3) is 5.91 Å². The molecule has 4 heteroatoms. The van der Waals surface area contributed by atoms with Crippen molar-refractivity contribution in [2.45, 2.75) is 6.54 Å². The van der Waals surface area contributed by atoms with Gasteiger partial charge in [-0.15, -0.1) is 0 Å². The van der Waals surface area contributed by atoms with E-state index in [1.165, 1.54) is 0 Å². The van der Waals surface area contributed by atoms with Gasteiger partial charge in [-0.2, -0.15) is 0 Å². The Morgan fingerprint density at radius 1 is 0.862 bits per heavy atom. The number of hydrogen-bond acceptors (Lipinski definition) is 3. The zero-order valence-electron chi connectivity index (χ0n) is 17.0. The summed E-state index contributed by atoms with van der Waals surface area (Å²) in [6.45, 7) is 0.454. The van der Waals surface area contributed by atoms with Gasteiger partial charge in [-0.25, -0.2) is 0 Å². The molecule has 0 saturated heterocycles. The van der Waals surface area contributed by atoms with Crippen LogP contribution in [0.2, 0.25) is 0 Å². The van der Waals surface area contributed by atoms with E-state index in [9.17, 15) is 4.79 Å². The molecule has 3 rings (SSSR count). The summed E-state index contributed by atoms with van der Waals surface area (Å²) >= 11 is 0. The van der Waals surface area contributed by atoms with Gasteiger partial charge in [0.05, 0.1) is 14.2 Å². The van der Waals surface area contributed by atoms with Crippen molar-refractivity contribution in [1.82, 2.24) is 4.90 Å². The normalized spacial score (nSPS) is 11.1. The van der Waals surface area contributed by atoms with Crippen molar-refractivity contribution in [3.63, 3.8) is 0 Å². The molecule has 0 aliphatic heterocycles. The van der Waals surface area contributed by atoms with Gasteiger partial charge in [-0.1, -0.05) is 60.7 Å². The smallest absolute Gasteiger partial charge is 0.254 e. The van der Waals surface area contributed by atoms with E-state index in [1.807, 2.05) is 84.9 Å². The number of carbonyl (C=O) groups is 1. The van der Waals surface area contributed by atoms with Crippen molar-refractivity contribution in [2.75, 3.05) is 21.3 Å². The fourth-order valence-corrected chi connectivity index (χ4v) is 3.12. The molecule has 0 radical (unpaired) electrons. The van der Waals surface area contributed by atoms with Crippen LogP contribution in [0.15, 0.2) is 78.9 Å². The monoisotopic (exact) mass is 387 g/mol. The number of rotatable bonds is 7. The Kier molecular flexibility index (Phi) is 6.69. The Labute approximate surface area is 172 Å². The summed E-state index contributed by atoms with van der Waals surface area (Å²) in [5.74, 6) is 1.49. The molecule has 0 aromatic heterocycles. The van der Waals surface area contributed by atoms with Crippen LogP contribution in [-0.2, 0) is 11.3 Å². The largest absolute Gasteiger partial charge is 0.497 e. The average Bonchev–Trinajstić information content (AvgIpc) is 2.78. The molecule has 0 N–H and O–H groups in total. The molecule has 0 bridgehead atoms. The zero-order valence-corrected chi connectivity index (χ0v) is 17.0. The molecular weight excluding hydrogens is 362 g/mol. The van der Waals surface area contributed by atoms with E-state index in [1.54, 1.807) is 26.2 Å². The van der Waals surface area contributed by atoms with Gasteiger partial charge < -0.3 is 14.4 Å². The Balaban J connectivity index is 1.92. The van der Waals surface area contributed by atoms with E-state index in [0.29, 0.717) is 12.1 Å². The van der Waals surface area contributed by atoms with Crippen LogP contribution < -0.4 is 9.47 Å². The van der Waals surface area contributed by atoms with E-state index in [2.05, 4.69) is 0 Å². The van der Waals surface area contributed by atoms with E-state index in [0.717, 1.165) is 28.2 Å². The van der Waals surface area contributed by atoms with Crippen LogP contribution in [0.4, 0.5) is 0 Å². The number of amides is 1. The van der Waals surface area contributed by atoms with Crippen molar-refractivity contribution < 1.29 is 14.3 Å². The number of nitrogens with zero attached hydrogens (tertiary/aromatic N) is 1. The lowest BCUT2D eigenvalue weighted by atomic mass is 10.0. The maximum atomic E-state index is 13.4.